The average Bonchev–Trinajstić information content (AvgIpc) is 2.88. The van der Waals surface area contributed by atoms with E-state index in [4.69, 9.17) is 9.97 Å². The second-order valence-corrected chi connectivity index (χ2v) is 7.82. The molecule has 0 atom stereocenters. The Kier molecular flexibility index (Phi) is 4.43. The van der Waals surface area contributed by atoms with Crippen LogP contribution in [0.1, 0.15) is 0 Å². The average molecular weight is 409 g/mol. The highest BCUT2D eigenvalue weighted by Crippen LogP contribution is 2.29. The van der Waals surface area contributed by atoms with Gasteiger partial charge in [-0.3, -0.25) is 4.98 Å². The Balaban J connectivity index is 1.36. The maximum absolute atomic E-state index is 4.85. The number of aromatic nitrogens is 3. The quantitative estimate of drug-likeness (QED) is 0.311. The Bertz CT molecular complexity index is 1440. The molecular weight excluding hydrogens is 390 g/mol. The van der Waals surface area contributed by atoms with Gasteiger partial charge in [-0.1, -0.05) is 54.6 Å². The number of pyridine rings is 3. The lowest BCUT2D eigenvalue weighted by molar-refractivity contribution is 1.30. The molecule has 6 aromatic rings. The Labute approximate surface area is 186 Å². The van der Waals surface area contributed by atoms with Gasteiger partial charge in [-0.15, -0.1) is 0 Å². The maximum Gasteiger partial charge on any atom is 0.0725 e. The van der Waals surface area contributed by atoms with E-state index < -0.39 is 0 Å². The van der Waals surface area contributed by atoms with Crippen molar-refractivity contribution in [1.29, 1.82) is 0 Å². The molecule has 32 heavy (non-hydrogen) atoms. The monoisotopic (exact) mass is 409 g/mol. The zero-order chi connectivity index (χ0) is 21.3. The van der Waals surface area contributed by atoms with Gasteiger partial charge in [-0.2, -0.15) is 0 Å². The highest BCUT2D eigenvalue weighted by atomic mass is 14.7. The zero-order valence-corrected chi connectivity index (χ0v) is 17.3. The van der Waals surface area contributed by atoms with Crippen molar-refractivity contribution in [1.82, 2.24) is 15.0 Å². The van der Waals surface area contributed by atoms with Crippen LogP contribution >= 0.6 is 0 Å². The molecule has 0 aliphatic carbocycles. The van der Waals surface area contributed by atoms with E-state index in [9.17, 15) is 0 Å². The van der Waals surface area contributed by atoms with Gasteiger partial charge in [0.2, 0.25) is 0 Å². The van der Waals surface area contributed by atoms with Crippen molar-refractivity contribution in [2.45, 2.75) is 0 Å². The minimum Gasteiger partial charge on any atom is -0.264 e. The molecule has 0 unspecified atom stereocenters. The van der Waals surface area contributed by atoms with Crippen LogP contribution in [0, 0.1) is 0 Å². The molecule has 3 heteroatoms. The minimum absolute atomic E-state index is 0.935. The van der Waals surface area contributed by atoms with Crippen LogP contribution in [-0.2, 0) is 0 Å². The van der Waals surface area contributed by atoms with Gasteiger partial charge in [0.25, 0.3) is 0 Å². The molecule has 150 valence electrons. The molecular formula is C29H19N3. The molecule has 0 spiro atoms. The van der Waals surface area contributed by atoms with Crippen LogP contribution in [0.4, 0.5) is 0 Å². The number of fused-ring (bicyclic) bond motifs is 2. The maximum atomic E-state index is 4.85. The fraction of sp³-hybridized carbons (Fsp3) is 0. The van der Waals surface area contributed by atoms with Gasteiger partial charge >= 0.3 is 0 Å². The summed E-state index contributed by atoms with van der Waals surface area (Å²) in [5.41, 5.74) is 8.40. The van der Waals surface area contributed by atoms with Crippen molar-refractivity contribution in [2.75, 3.05) is 0 Å². The first-order chi connectivity index (χ1) is 15.8. The third-order valence-corrected chi connectivity index (χ3v) is 5.74. The highest BCUT2D eigenvalue weighted by molar-refractivity contribution is 5.90. The molecule has 3 aromatic heterocycles. The van der Waals surface area contributed by atoms with Crippen LogP contribution in [0.25, 0.3) is 55.4 Å². The zero-order valence-electron chi connectivity index (χ0n) is 17.3. The fourth-order valence-electron chi connectivity index (χ4n) is 4.06. The second-order valence-electron chi connectivity index (χ2n) is 7.82. The summed E-state index contributed by atoms with van der Waals surface area (Å²) in [6, 6.07) is 35.5. The van der Waals surface area contributed by atoms with E-state index in [1.165, 1.54) is 11.1 Å². The van der Waals surface area contributed by atoms with E-state index in [0.29, 0.717) is 0 Å². The van der Waals surface area contributed by atoms with Crippen LogP contribution < -0.4 is 0 Å². The number of hydrogen-bond acceptors (Lipinski definition) is 3. The Hall–Kier alpha value is -4.37. The standard InChI is InChI=1S/C29H19N3/c1-2-5-20(6-3-1)26-14-10-23-17-21(8-12-27(23)31-26)22-9-13-28-24(18-22)11-15-29(32-28)25-7-4-16-30-19-25/h1-19H. The molecule has 0 radical (unpaired) electrons. The molecule has 3 heterocycles. The lowest BCUT2D eigenvalue weighted by Crippen LogP contribution is -1.88. The van der Waals surface area contributed by atoms with Gasteiger partial charge in [0.15, 0.2) is 0 Å². The largest absolute Gasteiger partial charge is 0.264 e. The van der Waals surface area contributed by atoms with E-state index >= 15 is 0 Å². The van der Waals surface area contributed by atoms with Crippen LogP contribution in [0.3, 0.4) is 0 Å². The highest BCUT2D eigenvalue weighted by Gasteiger charge is 2.06. The van der Waals surface area contributed by atoms with Crippen molar-refractivity contribution < 1.29 is 0 Å². The van der Waals surface area contributed by atoms with Crippen molar-refractivity contribution in [3.8, 4) is 33.6 Å². The van der Waals surface area contributed by atoms with E-state index in [2.05, 4.69) is 77.8 Å². The Morgan fingerprint density at radius 2 is 1.03 bits per heavy atom. The van der Waals surface area contributed by atoms with Gasteiger partial charge < -0.3 is 0 Å². The molecule has 3 aromatic carbocycles. The predicted molar refractivity (Wildman–Crippen MR) is 131 cm³/mol. The molecule has 0 fully saturated rings. The van der Waals surface area contributed by atoms with Crippen LogP contribution in [-0.4, -0.2) is 15.0 Å². The van der Waals surface area contributed by atoms with Gasteiger partial charge in [-0.25, -0.2) is 9.97 Å². The first-order valence-electron chi connectivity index (χ1n) is 10.6. The van der Waals surface area contributed by atoms with Gasteiger partial charge in [-0.05, 0) is 59.7 Å². The summed E-state index contributed by atoms with van der Waals surface area (Å²) in [7, 11) is 0. The van der Waals surface area contributed by atoms with Gasteiger partial charge in [0, 0.05) is 34.3 Å². The van der Waals surface area contributed by atoms with Crippen molar-refractivity contribution in [3.63, 3.8) is 0 Å². The summed E-state index contributed by atoms with van der Waals surface area (Å²) in [6.07, 6.45) is 3.62. The summed E-state index contributed by atoms with van der Waals surface area (Å²) in [5, 5.41) is 2.25. The molecule has 0 bridgehead atoms. The fourth-order valence-corrected chi connectivity index (χ4v) is 4.06. The molecule has 0 amide bonds. The lowest BCUT2D eigenvalue weighted by Gasteiger charge is -2.08. The molecule has 0 aliphatic heterocycles. The molecule has 0 saturated heterocycles. The molecule has 0 N–H and O–H groups in total. The van der Waals surface area contributed by atoms with Crippen LogP contribution in [0.2, 0.25) is 0 Å². The van der Waals surface area contributed by atoms with E-state index in [1.54, 1.807) is 6.20 Å². The summed E-state index contributed by atoms with van der Waals surface area (Å²) in [5.74, 6) is 0. The third-order valence-electron chi connectivity index (χ3n) is 5.74. The number of rotatable bonds is 3. The van der Waals surface area contributed by atoms with E-state index in [-0.39, 0.29) is 0 Å². The van der Waals surface area contributed by atoms with Gasteiger partial charge in [0.1, 0.15) is 0 Å². The normalized spacial score (nSPS) is 11.1. The second kappa shape index (κ2) is 7.71. The van der Waals surface area contributed by atoms with E-state index in [0.717, 1.165) is 44.3 Å². The Morgan fingerprint density at radius 1 is 0.438 bits per heavy atom. The Morgan fingerprint density at radius 3 is 1.62 bits per heavy atom. The first-order valence-corrected chi connectivity index (χ1v) is 10.6. The van der Waals surface area contributed by atoms with Crippen LogP contribution in [0.5, 0.6) is 0 Å². The first kappa shape index (κ1) is 18.4. The molecule has 6 rings (SSSR count). The summed E-state index contributed by atoms with van der Waals surface area (Å²) in [4.78, 5) is 13.9. The molecule has 0 saturated carbocycles. The lowest BCUT2D eigenvalue weighted by atomic mass is 10.0. The molecule has 0 aliphatic rings. The third kappa shape index (κ3) is 3.40. The van der Waals surface area contributed by atoms with Crippen molar-refractivity contribution in [2.24, 2.45) is 0 Å². The number of benzene rings is 3. The smallest absolute Gasteiger partial charge is 0.0725 e. The van der Waals surface area contributed by atoms with Gasteiger partial charge in [0.05, 0.1) is 22.4 Å². The van der Waals surface area contributed by atoms with E-state index in [1.807, 2.05) is 36.5 Å². The number of hydrogen-bond donors (Lipinski definition) is 0. The minimum atomic E-state index is 0.935. The number of nitrogens with zero attached hydrogens (tertiary/aromatic N) is 3. The van der Waals surface area contributed by atoms with Crippen LogP contribution in [0.15, 0.2) is 116 Å². The SMILES string of the molecule is c1ccc(-c2ccc3cc(-c4ccc5nc(-c6cccnc6)ccc5c4)ccc3n2)cc1. The predicted octanol–water partition coefficient (Wildman–Crippen LogP) is 7.18. The molecule has 3 nitrogen and oxygen atoms in total. The van der Waals surface area contributed by atoms with Crippen molar-refractivity contribution in [3.05, 3.63) is 116 Å². The summed E-state index contributed by atoms with van der Waals surface area (Å²) < 4.78 is 0. The summed E-state index contributed by atoms with van der Waals surface area (Å²) >= 11 is 0. The summed E-state index contributed by atoms with van der Waals surface area (Å²) in [6.45, 7) is 0. The van der Waals surface area contributed by atoms with Crippen molar-refractivity contribution >= 4 is 21.8 Å². The topological polar surface area (TPSA) is 38.7 Å².